The van der Waals surface area contributed by atoms with Gasteiger partial charge in [-0.05, 0) is 44.4 Å². The van der Waals surface area contributed by atoms with Gasteiger partial charge in [0, 0.05) is 0 Å². The Hall–Kier alpha value is -2.51. The summed E-state index contributed by atoms with van der Waals surface area (Å²) in [5, 5.41) is 13.0. The van der Waals surface area contributed by atoms with Crippen LogP contribution in [0.4, 0.5) is 0 Å². The lowest BCUT2D eigenvalue weighted by atomic mass is 10.1. The third-order valence-electron chi connectivity index (χ3n) is 8.28. The molecule has 1 unspecified atom stereocenters. The lowest BCUT2D eigenvalue weighted by molar-refractivity contribution is -0.280. The maximum absolute atomic E-state index is 15.0. The Morgan fingerprint density at radius 1 is 0.745 bits per heavy atom. The first-order chi connectivity index (χ1) is 22.5. The monoisotopic (exact) mass is 669 g/mol. The molecule has 3 aliphatic heterocycles. The van der Waals surface area contributed by atoms with E-state index in [4.69, 9.17) is 37.5 Å². The van der Waals surface area contributed by atoms with Crippen molar-refractivity contribution in [3.05, 3.63) is 108 Å². The average molecular weight is 670 g/mol. The summed E-state index contributed by atoms with van der Waals surface area (Å²) >= 11 is 0. The molecule has 6 rings (SSSR count). The van der Waals surface area contributed by atoms with Crippen LogP contribution in [0.1, 0.15) is 44.4 Å². The van der Waals surface area contributed by atoms with Crippen molar-refractivity contribution in [2.75, 3.05) is 13.2 Å². The van der Waals surface area contributed by atoms with Crippen LogP contribution in [0.25, 0.3) is 0 Å². The van der Waals surface area contributed by atoms with Crippen LogP contribution in [0.2, 0.25) is 0 Å². The van der Waals surface area contributed by atoms with Gasteiger partial charge in [0.1, 0.15) is 24.4 Å². The molecule has 3 aromatic rings. The molecular weight excluding hydrogens is 625 g/mol. The minimum Gasteiger partial charge on any atom is -0.374 e. The minimum atomic E-state index is -4.21. The molecule has 0 aromatic heterocycles. The fourth-order valence-corrected chi connectivity index (χ4v) is 7.81. The quantitative estimate of drug-likeness (QED) is 0.155. The predicted molar refractivity (Wildman–Crippen MR) is 171 cm³/mol. The highest BCUT2D eigenvalue weighted by atomic mass is 31.2. The standard InChI is InChI=1S/C35H44NO10P/c1-34(2)40-23-28(44-34)30-31-32(46-35(3,4)45-31)33(43-30)36(37)29(24-39-20-25-14-8-5-9-15-25)47(38,41-21-26-16-10-6-11-17-26)42-22-27-18-12-7-13-19-27/h5-19,28-33,37H,20-24H2,1-4H3/t28?,29-,30+,31-,32-,33-/m0/s1. The summed E-state index contributed by atoms with van der Waals surface area (Å²) in [6.07, 6.45) is -3.63. The van der Waals surface area contributed by atoms with E-state index in [9.17, 15) is 5.21 Å². The number of nitrogens with zero attached hydrogens (tertiary/aromatic N) is 1. The molecule has 0 saturated carbocycles. The Balaban J connectivity index is 1.30. The Morgan fingerprint density at radius 2 is 1.26 bits per heavy atom. The molecule has 0 aliphatic carbocycles. The van der Waals surface area contributed by atoms with Gasteiger partial charge in [-0.25, -0.2) is 0 Å². The zero-order valence-corrected chi connectivity index (χ0v) is 28.1. The highest BCUT2D eigenvalue weighted by molar-refractivity contribution is 7.54. The minimum absolute atomic E-state index is 0.0227. The van der Waals surface area contributed by atoms with Crippen molar-refractivity contribution in [1.29, 1.82) is 0 Å². The second kappa shape index (κ2) is 14.5. The molecule has 1 N–H and O–H groups in total. The molecule has 254 valence electrons. The molecule has 0 spiro atoms. The normalized spacial score (nSPS) is 27.2. The Morgan fingerprint density at radius 3 is 1.77 bits per heavy atom. The summed E-state index contributed by atoms with van der Waals surface area (Å²) in [6.45, 7) is 7.47. The summed E-state index contributed by atoms with van der Waals surface area (Å²) < 4.78 is 64.5. The van der Waals surface area contributed by atoms with Gasteiger partial charge in [0.05, 0.1) is 33.0 Å². The van der Waals surface area contributed by atoms with Crippen LogP contribution >= 0.6 is 7.60 Å². The molecule has 0 radical (unpaired) electrons. The van der Waals surface area contributed by atoms with Crippen LogP contribution in [-0.2, 0) is 61.9 Å². The van der Waals surface area contributed by atoms with E-state index in [1.165, 1.54) is 0 Å². The van der Waals surface area contributed by atoms with Gasteiger partial charge in [-0.1, -0.05) is 91.0 Å². The number of fused-ring (bicyclic) bond motifs is 1. The molecule has 6 atom stereocenters. The van der Waals surface area contributed by atoms with Crippen molar-refractivity contribution in [3.8, 4) is 0 Å². The highest BCUT2D eigenvalue weighted by Gasteiger charge is 2.62. The Kier molecular flexibility index (Phi) is 10.6. The van der Waals surface area contributed by atoms with E-state index < -0.39 is 55.6 Å². The van der Waals surface area contributed by atoms with Gasteiger partial charge in [-0.3, -0.25) is 4.57 Å². The highest BCUT2D eigenvalue weighted by Crippen LogP contribution is 2.57. The lowest BCUT2D eigenvalue weighted by Crippen LogP contribution is -2.49. The van der Waals surface area contributed by atoms with E-state index in [2.05, 4.69) is 0 Å². The van der Waals surface area contributed by atoms with Crippen LogP contribution in [0, 0.1) is 0 Å². The van der Waals surface area contributed by atoms with Gasteiger partial charge in [-0.15, -0.1) is 5.06 Å². The SMILES string of the molecule is CC1(C)OCC([C@H]2O[C@H](N(O)[C@H](COCc3ccccc3)P(=O)(OCc3ccccc3)OCc3ccccc3)[C@H]3OC(C)(C)O[C@H]32)O1. The van der Waals surface area contributed by atoms with Gasteiger partial charge < -0.3 is 42.7 Å². The largest absolute Gasteiger partial charge is 0.374 e. The van der Waals surface area contributed by atoms with Gasteiger partial charge in [-0.2, -0.15) is 0 Å². The summed E-state index contributed by atoms with van der Waals surface area (Å²) in [4.78, 5) is 0. The number of benzene rings is 3. The van der Waals surface area contributed by atoms with Crippen molar-refractivity contribution < 1.29 is 47.2 Å². The summed E-state index contributed by atoms with van der Waals surface area (Å²) in [7, 11) is -4.21. The van der Waals surface area contributed by atoms with Crippen molar-refractivity contribution in [2.45, 2.75) is 95.5 Å². The number of hydroxylamine groups is 2. The van der Waals surface area contributed by atoms with E-state index in [0.29, 0.717) is 0 Å². The second-order valence-corrected chi connectivity index (χ2v) is 15.0. The maximum Gasteiger partial charge on any atom is 0.353 e. The van der Waals surface area contributed by atoms with Gasteiger partial charge >= 0.3 is 7.60 Å². The number of rotatable bonds is 14. The molecule has 3 saturated heterocycles. The second-order valence-electron chi connectivity index (χ2n) is 12.8. The van der Waals surface area contributed by atoms with Crippen LogP contribution in [0.3, 0.4) is 0 Å². The van der Waals surface area contributed by atoms with Crippen molar-refractivity contribution in [2.24, 2.45) is 0 Å². The molecule has 12 heteroatoms. The summed E-state index contributed by atoms with van der Waals surface area (Å²) in [6, 6.07) is 28.3. The van der Waals surface area contributed by atoms with Crippen LogP contribution < -0.4 is 0 Å². The smallest absolute Gasteiger partial charge is 0.353 e. The van der Waals surface area contributed by atoms with E-state index in [1.807, 2.05) is 105 Å². The molecule has 0 amide bonds. The van der Waals surface area contributed by atoms with Crippen molar-refractivity contribution in [1.82, 2.24) is 5.06 Å². The molecule has 11 nitrogen and oxygen atoms in total. The maximum atomic E-state index is 15.0. The van der Waals surface area contributed by atoms with Crippen LogP contribution in [0.15, 0.2) is 91.0 Å². The summed E-state index contributed by atoms with van der Waals surface area (Å²) in [5.74, 6) is -3.09. The van der Waals surface area contributed by atoms with Crippen molar-refractivity contribution in [3.63, 3.8) is 0 Å². The zero-order valence-electron chi connectivity index (χ0n) is 27.2. The molecule has 3 fully saturated rings. The molecular formula is C35H44NO10P. The first-order valence-corrected chi connectivity index (χ1v) is 17.5. The zero-order chi connectivity index (χ0) is 33.1. The third kappa shape index (κ3) is 8.39. The lowest BCUT2D eigenvalue weighted by Gasteiger charge is -2.36. The predicted octanol–water partition coefficient (Wildman–Crippen LogP) is 6.24. The first kappa shape index (κ1) is 34.4. The van der Waals surface area contributed by atoms with Gasteiger partial charge in [0.15, 0.2) is 23.6 Å². The van der Waals surface area contributed by atoms with E-state index in [-0.39, 0.29) is 33.0 Å². The molecule has 0 bridgehead atoms. The summed E-state index contributed by atoms with van der Waals surface area (Å²) in [5.41, 5.74) is 2.49. The van der Waals surface area contributed by atoms with E-state index >= 15 is 4.57 Å². The Bertz CT molecular complexity index is 1430. The molecule has 47 heavy (non-hydrogen) atoms. The van der Waals surface area contributed by atoms with E-state index in [1.54, 1.807) is 13.8 Å². The topological polar surface area (TPSA) is 114 Å². The Labute approximate surface area is 276 Å². The fourth-order valence-electron chi connectivity index (χ4n) is 6.02. The van der Waals surface area contributed by atoms with Gasteiger partial charge in [0.25, 0.3) is 0 Å². The first-order valence-electron chi connectivity index (χ1n) is 15.9. The number of hydrogen-bond acceptors (Lipinski definition) is 11. The third-order valence-corrected chi connectivity index (χ3v) is 10.4. The fraction of sp³-hybridized carbons (Fsp3) is 0.486. The van der Waals surface area contributed by atoms with Crippen molar-refractivity contribution >= 4 is 7.60 Å². The average Bonchev–Trinajstić information content (AvgIpc) is 3.71. The molecule has 3 heterocycles. The van der Waals surface area contributed by atoms with Crippen LogP contribution in [-0.4, -0.2) is 71.5 Å². The molecule has 3 aliphatic rings. The van der Waals surface area contributed by atoms with Gasteiger partial charge in [0.2, 0.25) is 0 Å². The number of hydrogen-bond donors (Lipinski definition) is 1. The number of ether oxygens (including phenoxy) is 6. The molecule has 3 aromatic carbocycles. The van der Waals surface area contributed by atoms with E-state index in [0.717, 1.165) is 21.8 Å². The van der Waals surface area contributed by atoms with Crippen LogP contribution in [0.5, 0.6) is 0 Å².